The van der Waals surface area contributed by atoms with Crippen molar-refractivity contribution in [3.05, 3.63) is 89.7 Å². The summed E-state index contributed by atoms with van der Waals surface area (Å²) in [5.74, 6) is -0.809. The molecule has 0 radical (unpaired) electrons. The maximum Gasteiger partial charge on any atom is 0.224 e. The lowest BCUT2D eigenvalue weighted by Gasteiger charge is -2.09. The van der Waals surface area contributed by atoms with Crippen molar-refractivity contribution in [2.45, 2.75) is 18.6 Å². The van der Waals surface area contributed by atoms with E-state index in [1.165, 1.54) is 12.1 Å². The van der Waals surface area contributed by atoms with E-state index in [2.05, 4.69) is 10.3 Å². The lowest BCUT2D eigenvalue weighted by atomic mass is 10.0. The molecule has 8 heteroatoms. The first-order valence-corrected chi connectivity index (χ1v) is 11.7. The van der Waals surface area contributed by atoms with Gasteiger partial charge < -0.3 is 10.3 Å². The molecule has 0 aliphatic heterocycles. The van der Waals surface area contributed by atoms with Crippen LogP contribution in [0.15, 0.2) is 72.8 Å². The number of hydrogen-bond donors (Lipinski definition) is 3. The van der Waals surface area contributed by atoms with E-state index in [-0.39, 0.29) is 23.9 Å². The van der Waals surface area contributed by atoms with Crippen LogP contribution >= 0.6 is 0 Å². The van der Waals surface area contributed by atoms with Gasteiger partial charge in [0.2, 0.25) is 15.9 Å². The first-order chi connectivity index (χ1) is 15.3. The highest BCUT2D eigenvalue weighted by Crippen LogP contribution is 2.31. The molecule has 4 aromatic rings. The van der Waals surface area contributed by atoms with E-state index in [1.54, 1.807) is 36.4 Å². The van der Waals surface area contributed by atoms with Crippen molar-refractivity contribution in [3.8, 4) is 11.3 Å². The number of carbonyl (C=O) groups is 1. The third kappa shape index (κ3) is 5.22. The Kier molecular flexibility index (Phi) is 6.07. The van der Waals surface area contributed by atoms with Gasteiger partial charge in [-0.25, -0.2) is 17.9 Å². The summed E-state index contributed by atoms with van der Waals surface area (Å²) >= 11 is 0. The van der Waals surface area contributed by atoms with Crippen LogP contribution in [0.4, 0.5) is 10.1 Å². The second kappa shape index (κ2) is 8.94. The van der Waals surface area contributed by atoms with Crippen LogP contribution in [0.2, 0.25) is 0 Å². The van der Waals surface area contributed by atoms with Crippen LogP contribution in [0.1, 0.15) is 17.5 Å². The summed E-state index contributed by atoms with van der Waals surface area (Å²) in [5.41, 5.74) is 4.63. The Bertz CT molecular complexity index is 1380. The van der Waals surface area contributed by atoms with Crippen molar-refractivity contribution >= 4 is 32.5 Å². The molecule has 6 nitrogen and oxygen atoms in total. The van der Waals surface area contributed by atoms with Gasteiger partial charge >= 0.3 is 0 Å². The Morgan fingerprint density at radius 1 is 1.00 bits per heavy atom. The van der Waals surface area contributed by atoms with Crippen molar-refractivity contribution in [2.24, 2.45) is 5.14 Å². The number of rotatable bonds is 7. The summed E-state index contributed by atoms with van der Waals surface area (Å²) < 4.78 is 36.0. The van der Waals surface area contributed by atoms with Crippen LogP contribution in [0.3, 0.4) is 0 Å². The highest BCUT2D eigenvalue weighted by Gasteiger charge is 2.15. The molecule has 0 bridgehead atoms. The molecule has 32 heavy (non-hydrogen) atoms. The number of fused-ring (bicyclic) bond motifs is 1. The van der Waals surface area contributed by atoms with Gasteiger partial charge in [0, 0.05) is 28.7 Å². The van der Waals surface area contributed by atoms with Crippen LogP contribution in [-0.4, -0.2) is 19.3 Å². The van der Waals surface area contributed by atoms with Gasteiger partial charge in [-0.3, -0.25) is 4.79 Å². The zero-order valence-electron chi connectivity index (χ0n) is 17.1. The number of carbonyl (C=O) groups excluding carboxylic acids is 1. The predicted molar refractivity (Wildman–Crippen MR) is 124 cm³/mol. The fraction of sp³-hybridized carbons (Fsp3) is 0.125. The molecule has 0 saturated heterocycles. The number of benzene rings is 3. The number of sulfonamides is 1. The Morgan fingerprint density at radius 2 is 1.75 bits per heavy atom. The molecule has 3 aromatic carbocycles. The van der Waals surface area contributed by atoms with Crippen LogP contribution in [0.5, 0.6) is 0 Å². The Balaban J connectivity index is 1.53. The maximum absolute atomic E-state index is 13.4. The van der Waals surface area contributed by atoms with E-state index in [4.69, 9.17) is 5.14 Å². The van der Waals surface area contributed by atoms with Gasteiger partial charge in [-0.15, -0.1) is 0 Å². The second-order valence-electron chi connectivity index (χ2n) is 7.59. The minimum absolute atomic E-state index is 0.201. The quantitative estimate of drug-likeness (QED) is 0.389. The van der Waals surface area contributed by atoms with Gasteiger partial charge in [0.25, 0.3) is 0 Å². The standard InChI is InChI=1S/C24H22FN3O3S/c25-18-10-8-17(9-11-18)24-21(20-6-1-2-7-22(20)28-24)12-13-23(29)27-19-5-3-4-16(14-19)15-32(26,30)31/h1-11,14,28H,12-13,15H2,(H,27,29)(H2,26,30,31). The highest BCUT2D eigenvalue weighted by molar-refractivity contribution is 7.88. The first kappa shape index (κ1) is 21.7. The molecule has 0 atom stereocenters. The molecule has 4 rings (SSSR count). The lowest BCUT2D eigenvalue weighted by Crippen LogP contribution is -2.15. The number of nitrogens with one attached hydrogen (secondary N) is 2. The molecule has 164 valence electrons. The van der Waals surface area contributed by atoms with E-state index < -0.39 is 10.0 Å². The van der Waals surface area contributed by atoms with Gasteiger partial charge in [0.05, 0.1) is 5.75 Å². The molecule has 1 aromatic heterocycles. The van der Waals surface area contributed by atoms with Gasteiger partial charge in [-0.2, -0.15) is 0 Å². The fourth-order valence-electron chi connectivity index (χ4n) is 3.76. The van der Waals surface area contributed by atoms with Crippen molar-refractivity contribution in [2.75, 3.05) is 5.32 Å². The third-order valence-electron chi connectivity index (χ3n) is 5.13. The Hall–Kier alpha value is -3.49. The van der Waals surface area contributed by atoms with Crippen LogP contribution < -0.4 is 10.5 Å². The largest absolute Gasteiger partial charge is 0.354 e. The Labute approximate surface area is 185 Å². The zero-order chi connectivity index (χ0) is 22.7. The van der Waals surface area contributed by atoms with Crippen molar-refractivity contribution < 1.29 is 17.6 Å². The number of nitrogens with two attached hydrogens (primary N) is 1. The number of primary sulfonamides is 1. The third-order valence-corrected chi connectivity index (χ3v) is 5.86. The maximum atomic E-state index is 13.4. The highest BCUT2D eigenvalue weighted by atomic mass is 32.2. The number of para-hydroxylation sites is 1. The normalized spacial score (nSPS) is 11.6. The molecule has 0 fully saturated rings. The molecule has 0 saturated carbocycles. The number of amides is 1. The first-order valence-electron chi connectivity index (χ1n) is 10.0. The van der Waals surface area contributed by atoms with Crippen molar-refractivity contribution in [1.29, 1.82) is 0 Å². The number of aromatic amines is 1. The van der Waals surface area contributed by atoms with E-state index in [0.29, 0.717) is 17.7 Å². The average Bonchev–Trinajstić information content (AvgIpc) is 3.10. The molecule has 4 N–H and O–H groups in total. The number of aromatic nitrogens is 1. The van der Waals surface area contributed by atoms with Gasteiger partial charge in [-0.1, -0.05) is 30.3 Å². The molecule has 0 aliphatic rings. The van der Waals surface area contributed by atoms with E-state index in [0.717, 1.165) is 27.7 Å². The number of hydrogen-bond acceptors (Lipinski definition) is 3. The number of aryl methyl sites for hydroxylation is 1. The average molecular weight is 452 g/mol. The fourth-order valence-corrected chi connectivity index (χ4v) is 4.40. The summed E-state index contributed by atoms with van der Waals surface area (Å²) in [7, 11) is -3.66. The molecule has 0 unspecified atom stereocenters. The molecule has 1 amide bonds. The monoisotopic (exact) mass is 451 g/mol. The number of anilines is 1. The van der Waals surface area contributed by atoms with Gasteiger partial charge in [-0.05, 0) is 65.6 Å². The molecular formula is C24H22FN3O3S. The SMILES string of the molecule is NS(=O)(=O)Cc1cccc(NC(=O)CCc2c(-c3ccc(F)cc3)[nH]c3ccccc23)c1. The summed E-state index contributed by atoms with van der Waals surface area (Å²) in [6.07, 6.45) is 0.689. The van der Waals surface area contributed by atoms with Crippen molar-refractivity contribution in [1.82, 2.24) is 4.98 Å². The van der Waals surface area contributed by atoms with E-state index in [9.17, 15) is 17.6 Å². The van der Waals surface area contributed by atoms with Crippen LogP contribution in [0.25, 0.3) is 22.2 Å². The Morgan fingerprint density at radius 3 is 2.50 bits per heavy atom. The van der Waals surface area contributed by atoms with Gasteiger partial charge in [0.1, 0.15) is 5.82 Å². The molecule has 0 spiro atoms. The van der Waals surface area contributed by atoms with Crippen molar-refractivity contribution in [3.63, 3.8) is 0 Å². The van der Waals surface area contributed by atoms with Crippen LogP contribution in [-0.2, 0) is 27.0 Å². The minimum atomic E-state index is -3.66. The molecular weight excluding hydrogens is 429 g/mol. The van der Waals surface area contributed by atoms with E-state index in [1.807, 2.05) is 24.3 Å². The molecule has 0 aliphatic carbocycles. The predicted octanol–water partition coefficient (Wildman–Crippen LogP) is 4.33. The summed E-state index contributed by atoms with van der Waals surface area (Å²) in [5, 5.41) is 8.92. The second-order valence-corrected chi connectivity index (χ2v) is 9.20. The topological polar surface area (TPSA) is 105 Å². The van der Waals surface area contributed by atoms with E-state index >= 15 is 0 Å². The summed E-state index contributed by atoms with van der Waals surface area (Å²) in [6, 6.07) is 20.6. The molecule has 1 heterocycles. The van der Waals surface area contributed by atoms with Gasteiger partial charge in [0.15, 0.2) is 0 Å². The van der Waals surface area contributed by atoms with Crippen LogP contribution in [0, 0.1) is 5.82 Å². The number of H-pyrrole nitrogens is 1. The lowest BCUT2D eigenvalue weighted by molar-refractivity contribution is -0.116. The number of halogens is 1. The summed E-state index contributed by atoms with van der Waals surface area (Å²) in [6.45, 7) is 0. The smallest absolute Gasteiger partial charge is 0.224 e. The summed E-state index contributed by atoms with van der Waals surface area (Å²) in [4.78, 5) is 16.0. The minimum Gasteiger partial charge on any atom is -0.354 e. The zero-order valence-corrected chi connectivity index (χ0v) is 18.0.